The van der Waals surface area contributed by atoms with Crippen LogP contribution in [0.3, 0.4) is 0 Å². The van der Waals surface area contributed by atoms with Gasteiger partial charge in [-0.1, -0.05) is 28.1 Å². The van der Waals surface area contributed by atoms with Crippen molar-refractivity contribution in [1.29, 1.82) is 0 Å². The summed E-state index contributed by atoms with van der Waals surface area (Å²) >= 11 is 3.46. The SMILES string of the molecule is CC(C)(CNCc1ccc(Br)cc1)N1CCOCC1. The van der Waals surface area contributed by atoms with Crippen LogP contribution < -0.4 is 5.32 Å². The Bertz CT molecular complexity index is 386. The number of rotatable bonds is 5. The standard InChI is InChI=1S/C15H23BrN2O/c1-15(2,18-7-9-19-10-8-18)12-17-11-13-3-5-14(16)6-4-13/h3-6,17H,7-12H2,1-2H3. The van der Waals surface area contributed by atoms with Crippen molar-refractivity contribution in [1.82, 2.24) is 10.2 Å². The van der Waals surface area contributed by atoms with Crippen molar-refractivity contribution in [2.75, 3.05) is 32.8 Å². The molecule has 1 fully saturated rings. The first-order valence-electron chi connectivity index (χ1n) is 6.86. The second kappa shape index (κ2) is 6.84. The van der Waals surface area contributed by atoms with E-state index in [1.54, 1.807) is 0 Å². The van der Waals surface area contributed by atoms with Gasteiger partial charge < -0.3 is 10.1 Å². The van der Waals surface area contributed by atoms with Gasteiger partial charge in [-0.05, 0) is 31.5 Å². The van der Waals surface area contributed by atoms with Crippen LogP contribution in [0.4, 0.5) is 0 Å². The van der Waals surface area contributed by atoms with E-state index in [-0.39, 0.29) is 5.54 Å². The number of ether oxygens (including phenoxy) is 1. The molecule has 1 saturated heterocycles. The minimum Gasteiger partial charge on any atom is -0.379 e. The molecule has 106 valence electrons. The lowest BCUT2D eigenvalue weighted by Gasteiger charge is -2.41. The van der Waals surface area contributed by atoms with E-state index in [9.17, 15) is 0 Å². The normalized spacial score (nSPS) is 17.6. The highest BCUT2D eigenvalue weighted by atomic mass is 79.9. The Labute approximate surface area is 124 Å². The van der Waals surface area contributed by atoms with E-state index in [1.807, 2.05) is 0 Å². The van der Waals surface area contributed by atoms with E-state index in [2.05, 4.69) is 64.3 Å². The lowest BCUT2D eigenvalue weighted by molar-refractivity contribution is -0.00966. The van der Waals surface area contributed by atoms with Gasteiger partial charge in [-0.15, -0.1) is 0 Å². The molecule has 1 heterocycles. The fourth-order valence-electron chi connectivity index (χ4n) is 2.40. The Morgan fingerprint density at radius 3 is 2.47 bits per heavy atom. The zero-order chi connectivity index (χ0) is 13.7. The summed E-state index contributed by atoms with van der Waals surface area (Å²) in [4.78, 5) is 2.51. The topological polar surface area (TPSA) is 24.5 Å². The number of halogens is 1. The van der Waals surface area contributed by atoms with Crippen LogP contribution in [0.25, 0.3) is 0 Å². The van der Waals surface area contributed by atoms with Crippen molar-refractivity contribution in [3.8, 4) is 0 Å². The Morgan fingerprint density at radius 1 is 1.21 bits per heavy atom. The Balaban J connectivity index is 1.78. The van der Waals surface area contributed by atoms with Gasteiger partial charge in [-0.25, -0.2) is 0 Å². The first-order chi connectivity index (χ1) is 9.08. The zero-order valence-electron chi connectivity index (χ0n) is 11.8. The molecule has 1 aromatic rings. The third-order valence-corrected chi connectivity index (χ3v) is 4.20. The van der Waals surface area contributed by atoms with Crippen molar-refractivity contribution in [2.24, 2.45) is 0 Å². The number of nitrogens with zero attached hydrogens (tertiary/aromatic N) is 1. The van der Waals surface area contributed by atoms with E-state index < -0.39 is 0 Å². The van der Waals surface area contributed by atoms with Crippen molar-refractivity contribution in [3.05, 3.63) is 34.3 Å². The molecule has 3 nitrogen and oxygen atoms in total. The molecule has 0 atom stereocenters. The molecular formula is C15H23BrN2O. The molecule has 2 rings (SSSR count). The molecule has 0 spiro atoms. The predicted octanol–water partition coefficient (Wildman–Crippen LogP) is 2.65. The van der Waals surface area contributed by atoms with Crippen molar-refractivity contribution >= 4 is 15.9 Å². The van der Waals surface area contributed by atoms with Gasteiger partial charge in [0.1, 0.15) is 0 Å². The summed E-state index contributed by atoms with van der Waals surface area (Å²) in [6, 6.07) is 8.48. The summed E-state index contributed by atoms with van der Waals surface area (Å²) in [6.07, 6.45) is 0. The van der Waals surface area contributed by atoms with Crippen molar-refractivity contribution in [2.45, 2.75) is 25.9 Å². The van der Waals surface area contributed by atoms with Gasteiger partial charge >= 0.3 is 0 Å². The maximum absolute atomic E-state index is 5.41. The van der Waals surface area contributed by atoms with Crippen LogP contribution in [-0.4, -0.2) is 43.3 Å². The first-order valence-corrected chi connectivity index (χ1v) is 7.65. The Morgan fingerprint density at radius 2 is 1.84 bits per heavy atom. The Kier molecular flexibility index (Phi) is 5.39. The van der Waals surface area contributed by atoms with Gasteiger partial charge in [0.15, 0.2) is 0 Å². The van der Waals surface area contributed by atoms with Gasteiger partial charge in [-0.2, -0.15) is 0 Å². The highest BCUT2D eigenvalue weighted by Gasteiger charge is 2.27. The highest BCUT2D eigenvalue weighted by Crippen LogP contribution is 2.15. The van der Waals surface area contributed by atoms with E-state index in [1.165, 1.54) is 5.56 Å². The molecule has 1 aliphatic heterocycles. The molecule has 0 bridgehead atoms. The molecule has 1 aliphatic rings. The lowest BCUT2D eigenvalue weighted by atomic mass is 10.0. The minimum absolute atomic E-state index is 0.180. The minimum atomic E-state index is 0.180. The van der Waals surface area contributed by atoms with Crippen LogP contribution in [0.15, 0.2) is 28.7 Å². The first kappa shape index (κ1) is 15.0. The van der Waals surface area contributed by atoms with Crippen molar-refractivity contribution < 1.29 is 4.74 Å². The smallest absolute Gasteiger partial charge is 0.0594 e. The summed E-state index contributed by atoms with van der Waals surface area (Å²) in [7, 11) is 0. The van der Waals surface area contributed by atoms with Crippen LogP contribution in [0.1, 0.15) is 19.4 Å². The lowest BCUT2D eigenvalue weighted by Crippen LogP contribution is -2.54. The summed E-state index contributed by atoms with van der Waals surface area (Å²) in [5, 5.41) is 3.56. The summed E-state index contributed by atoms with van der Waals surface area (Å²) in [5.74, 6) is 0. The fourth-order valence-corrected chi connectivity index (χ4v) is 2.66. The second-order valence-corrected chi connectivity index (χ2v) is 6.56. The molecular weight excluding hydrogens is 304 g/mol. The van der Waals surface area contributed by atoms with E-state index >= 15 is 0 Å². The number of morpholine rings is 1. The number of hydrogen-bond acceptors (Lipinski definition) is 3. The average Bonchev–Trinajstić information content (AvgIpc) is 2.42. The summed E-state index contributed by atoms with van der Waals surface area (Å²) < 4.78 is 6.54. The second-order valence-electron chi connectivity index (χ2n) is 5.64. The predicted molar refractivity (Wildman–Crippen MR) is 82.3 cm³/mol. The third kappa shape index (κ3) is 4.56. The van der Waals surface area contributed by atoms with Crippen LogP contribution in [0.5, 0.6) is 0 Å². The summed E-state index contributed by atoms with van der Waals surface area (Å²) in [5.41, 5.74) is 1.50. The quantitative estimate of drug-likeness (QED) is 0.900. The molecule has 0 aromatic heterocycles. The molecule has 1 N–H and O–H groups in total. The van der Waals surface area contributed by atoms with Crippen LogP contribution >= 0.6 is 15.9 Å². The largest absolute Gasteiger partial charge is 0.379 e. The van der Waals surface area contributed by atoms with Crippen LogP contribution in [0.2, 0.25) is 0 Å². The van der Waals surface area contributed by atoms with Crippen LogP contribution in [-0.2, 0) is 11.3 Å². The zero-order valence-corrected chi connectivity index (χ0v) is 13.4. The van der Waals surface area contributed by atoms with E-state index in [0.717, 1.165) is 43.9 Å². The van der Waals surface area contributed by atoms with E-state index in [4.69, 9.17) is 4.74 Å². The van der Waals surface area contributed by atoms with E-state index in [0.29, 0.717) is 0 Å². The maximum atomic E-state index is 5.41. The molecule has 0 amide bonds. The van der Waals surface area contributed by atoms with Gasteiger partial charge in [0.2, 0.25) is 0 Å². The van der Waals surface area contributed by atoms with Crippen LogP contribution in [0, 0.1) is 0 Å². The molecule has 0 aliphatic carbocycles. The van der Waals surface area contributed by atoms with Gasteiger partial charge in [-0.3, -0.25) is 4.90 Å². The summed E-state index contributed by atoms with van der Waals surface area (Å²) in [6.45, 7) is 10.3. The number of hydrogen-bond donors (Lipinski definition) is 1. The van der Waals surface area contributed by atoms with Gasteiger partial charge in [0, 0.05) is 36.2 Å². The molecule has 1 aromatic carbocycles. The highest BCUT2D eigenvalue weighted by molar-refractivity contribution is 9.10. The molecule has 0 unspecified atom stereocenters. The average molecular weight is 327 g/mol. The molecule has 0 saturated carbocycles. The monoisotopic (exact) mass is 326 g/mol. The Hall–Kier alpha value is -0.420. The van der Waals surface area contributed by atoms with Gasteiger partial charge in [0.05, 0.1) is 13.2 Å². The number of nitrogens with one attached hydrogen (secondary N) is 1. The molecule has 4 heteroatoms. The van der Waals surface area contributed by atoms with Crippen molar-refractivity contribution in [3.63, 3.8) is 0 Å². The molecule has 0 radical (unpaired) electrons. The molecule has 19 heavy (non-hydrogen) atoms. The number of benzene rings is 1. The third-order valence-electron chi connectivity index (χ3n) is 3.67. The fraction of sp³-hybridized carbons (Fsp3) is 0.600. The van der Waals surface area contributed by atoms with Gasteiger partial charge in [0.25, 0.3) is 0 Å². The maximum Gasteiger partial charge on any atom is 0.0594 e.